The van der Waals surface area contributed by atoms with E-state index in [-0.39, 0.29) is 0 Å². The van der Waals surface area contributed by atoms with Crippen LogP contribution in [0.15, 0.2) is 0 Å². The molecule has 3 nitrogen and oxygen atoms in total. The number of aryl methyl sites for hydroxylation is 2. The molecule has 1 unspecified atom stereocenters. The molecule has 2 rings (SSSR count). The summed E-state index contributed by atoms with van der Waals surface area (Å²) in [5, 5.41) is 8.35. The van der Waals surface area contributed by atoms with E-state index in [0.717, 1.165) is 12.5 Å². The van der Waals surface area contributed by atoms with E-state index < -0.39 is 0 Å². The molecule has 1 heterocycles. The molecular weight excluding hydrogens is 234 g/mol. The van der Waals surface area contributed by atoms with E-state index in [9.17, 15) is 0 Å². The highest BCUT2D eigenvalue weighted by Crippen LogP contribution is 2.35. The van der Waals surface area contributed by atoms with Crippen molar-refractivity contribution < 1.29 is 0 Å². The van der Waals surface area contributed by atoms with Crippen molar-refractivity contribution >= 4 is 0 Å². The molecule has 0 saturated heterocycles. The second-order valence-corrected chi connectivity index (χ2v) is 6.00. The first-order chi connectivity index (χ1) is 9.15. The van der Waals surface area contributed by atoms with E-state index in [2.05, 4.69) is 38.2 Å². The minimum absolute atomic E-state index is 0.497. The van der Waals surface area contributed by atoms with Crippen LogP contribution in [0.5, 0.6) is 0 Å². The molecule has 108 valence electrons. The van der Waals surface area contributed by atoms with E-state index in [4.69, 9.17) is 0 Å². The lowest BCUT2D eigenvalue weighted by atomic mass is 9.86. The quantitative estimate of drug-likeness (QED) is 0.840. The highest BCUT2D eigenvalue weighted by molar-refractivity contribution is 5.29. The molecular formula is C16H29N3. The van der Waals surface area contributed by atoms with Crippen molar-refractivity contribution in [1.82, 2.24) is 15.1 Å². The highest BCUT2D eigenvalue weighted by atomic mass is 15.3. The summed E-state index contributed by atoms with van der Waals surface area (Å²) < 4.78 is 2.03. The third kappa shape index (κ3) is 3.19. The van der Waals surface area contributed by atoms with Crippen LogP contribution in [0.1, 0.15) is 68.4 Å². The van der Waals surface area contributed by atoms with Crippen molar-refractivity contribution in [2.45, 2.75) is 65.3 Å². The van der Waals surface area contributed by atoms with Gasteiger partial charge >= 0.3 is 0 Å². The number of nitrogens with zero attached hydrogens (tertiary/aromatic N) is 2. The fourth-order valence-corrected chi connectivity index (χ4v) is 3.61. The van der Waals surface area contributed by atoms with Gasteiger partial charge in [-0.15, -0.1) is 0 Å². The Hall–Kier alpha value is -0.830. The van der Waals surface area contributed by atoms with Crippen LogP contribution < -0.4 is 5.32 Å². The molecule has 0 aliphatic heterocycles. The van der Waals surface area contributed by atoms with Gasteiger partial charge < -0.3 is 5.32 Å². The van der Waals surface area contributed by atoms with Gasteiger partial charge in [0.1, 0.15) is 0 Å². The molecule has 1 aromatic rings. The number of nitrogens with one attached hydrogen (secondary N) is 1. The molecule has 0 spiro atoms. The monoisotopic (exact) mass is 263 g/mol. The molecule has 0 bridgehead atoms. The van der Waals surface area contributed by atoms with Gasteiger partial charge in [-0.1, -0.05) is 32.6 Å². The normalized spacial score (nSPS) is 19.4. The zero-order chi connectivity index (χ0) is 13.8. The lowest BCUT2D eigenvalue weighted by molar-refractivity contribution is 0.328. The number of rotatable bonds is 4. The van der Waals surface area contributed by atoms with E-state index in [1.54, 1.807) is 0 Å². The van der Waals surface area contributed by atoms with Gasteiger partial charge in [0.15, 0.2) is 0 Å². The van der Waals surface area contributed by atoms with E-state index in [1.807, 2.05) is 4.68 Å². The van der Waals surface area contributed by atoms with Crippen LogP contribution in [-0.4, -0.2) is 16.3 Å². The van der Waals surface area contributed by atoms with Crippen LogP contribution in [0.4, 0.5) is 0 Å². The fraction of sp³-hybridized carbons (Fsp3) is 0.812. The minimum atomic E-state index is 0.497. The van der Waals surface area contributed by atoms with E-state index in [0.29, 0.717) is 6.04 Å². The molecule has 0 aromatic carbocycles. The molecule has 1 atom stereocenters. The Bertz CT molecular complexity index is 400. The Morgan fingerprint density at radius 3 is 2.32 bits per heavy atom. The van der Waals surface area contributed by atoms with Gasteiger partial charge in [-0.25, -0.2) is 0 Å². The molecule has 1 fully saturated rings. The molecule has 0 amide bonds. The summed E-state index contributed by atoms with van der Waals surface area (Å²) in [6.45, 7) is 7.61. The van der Waals surface area contributed by atoms with Crippen molar-refractivity contribution in [3.05, 3.63) is 17.0 Å². The van der Waals surface area contributed by atoms with Gasteiger partial charge in [-0.3, -0.25) is 4.68 Å². The van der Waals surface area contributed by atoms with Gasteiger partial charge in [0.25, 0.3) is 0 Å². The summed E-state index contributed by atoms with van der Waals surface area (Å²) in [5.74, 6) is 0.782. The van der Waals surface area contributed by atoms with Crippen LogP contribution in [0, 0.1) is 19.8 Å². The molecule has 1 saturated carbocycles. The Balaban J connectivity index is 2.27. The fourth-order valence-electron chi connectivity index (χ4n) is 3.61. The van der Waals surface area contributed by atoms with Crippen LogP contribution in [0.3, 0.4) is 0 Å². The molecule has 0 radical (unpaired) electrons. The van der Waals surface area contributed by atoms with Crippen molar-refractivity contribution in [3.8, 4) is 0 Å². The molecule has 1 N–H and O–H groups in total. The van der Waals surface area contributed by atoms with E-state index in [1.165, 1.54) is 55.5 Å². The highest BCUT2D eigenvalue weighted by Gasteiger charge is 2.27. The summed E-state index contributed by atoms with van der Waals surface area (Å²) in [4.78, 5) is 0. The van der Waals surface area contributed by atoms with Crippen LogP contribution in [0.2, 0.25) is 0 Å². The SMILES string of the molecule is CCNC(c1c(C)nn(C)c1C)C1CCCCCC1. The van der Waals surface area contributed by atoms with Gasteiger partial charge in [0.05, 0.1) is 5.69 Å². The minimum Gasteiger partial charge on any atom is -0.310 e. The zero-order valence-corrected chi connectivity index (χ0v) is 13.0. The second-order valence-electron chi connectivity index (χ2n) is 6.00. The first-order valence-electron chi connectivity index (χ1n) is 7.88. The van der Waals surface area contributed by atoms with Crippen molar-refractivity contribution in [3.63, 3.8) is 0 Å². The molecule has 3 heteroatoms. The standard InChI is InChI=1S/C16H29N3/c1-5-17-16(14-10-8-6-7-9-11-14)15-12(2)18-19(4)13(15)3/h14,16-17H,5-11H2,1-4H3. The lowest BCUT2D eigenvalue weighted by Gasteiger charge is -2.27. The Morgan fingerprint density at radius 1 is 1.21 bits per heavy atom. The van der Waals surface area contributed by atoms with Crippen LogP contribution >= 0.6 is 0 Å². The largest absolute Gasteiger partial charge is 0.310 e. The van der Waals surface area contributed by atoms with Crippen LogP contribution in [0.25, 0.3) is 0 Å². The van der Waals surface area contributed by atoms with Crippen molar-refractivity contribution in [2.75, 3.05) is 6.54 Å². The summed E-state index contributed by atoms with van der Waals surface area (Å²) in [7, 11) is 2.06. The maximum absolute atomic E-state index is 4.61. The topological polar surface area (TPSA) is 29.9 Å². The third-order valence-electron chi connectivity index (χ3n) is 4.67. The van der Waals surface area contributed by atoms with Gasteiger partial charge in [-0.2, -0.15) is 5.10 Å². The first kappa shape index (κ1) is 14.6. The maximum atomic E-state index is 4.61. The van der Waals surface area contributed by atoms with Gasteiger partial charge in [0, 0.05) is 24.3 Å². The number of hydrogen-bond acceptors (Lipinski definition) is 2. The molecule has 1 aliphatic carbocycles. The smallest absolute Gasteiger partial charge is 0.0644 e. The predicted octanol–water partition coefficient (Wildman–Crippen LogP) is 3.66. The molecule has 1 aliphatic rings. The molecule has 1 aromatic heterocycles. The summed E-state index contributed by atoms with van der Waals surface area (Å²) in [6, 6.07) is 0.497. The van der Waals surface area contributed by atoms with Crippen LogP contribution in [-0.2, 0) is 7.05 Å². The third-order valence-corrected chi connectivity index (χ3v) is 4.67. The lowest BCUT2D eigenvalue weighted by Crippen LogP contribution is -2.29. The Morgan fingerprint density at radius 2 is 1.84 bits per heavy atom. The van der Waals surface area contributed by atoms with Gasteiger partial charge in [-0.05, 0) is 39.2 Å². The summed E-state index contributed by atoms with van der Waals surface area (Å²) in [5.41, 5.74) is 3.99. The Labute approximate surface area is 117 Å². The summed E-state index contributed by atoms with van der Waals surface area (Å²) in [6.07, 6.45) is 8.35. The number of hydrogen-bond donors (Lipinski definition) is 1. The van der Waals surface area contributed by atoms with E-state index >= 15 is 0 Å². The first-order valence-corrected chi connectivity index (χ1v) is 7.88. The van der Waals surface area contributed by atoms with Crippen molar-refractivity contribution in [2.24, 2.45) is 13.0 Å². The average Bonchev–Trinajstić information content (AvgIpc) is 2.62. The average molecular weight is 263 g/mol. The maximum Gasteiger partial charge on any atom is 0.0644 e. The zero-order valence-electron chi connectivity index (χ0n) is 13.0. The molecule has 19 heavy (non-hydrogen) atoms. The van der Waals surface area contributed by atoms with Gasteiger partial charge in [0.2, 0.25) is 0 Å². The second kappa shape index (κ2) is 6.56. The Kier molecular flexibility index (Phi) is 5.03. The van der Waals surface area contributed by atoms with Crippen molar-refractivity contribution in [1.29, 1.82) is 0 Å². The summed E-state index contributed by atoms with van der Waals surface area (Å²) >= 11 is 0. The predicted molar refractivity (Wildman–Crippen MR) is 80.3 cm³/mol. The number of aromatic nitrogens is 2.